The predicted octanol–water partition coefficient (Wildman–Crippen LogP) is 2.39. The first-order chi connectivity index (χ1) is 8.88. The van der Waals surface area contributed by atoms with Gasteiger partial charge in [0.05, 0.1) is 5.92 Å². The van der Waals surface area contributed by atoms with Gasteiger partial charge in [0.15, 0.2) is 0 Å². The van der Waals surface area contributed by atoms with E-state index < -0.39 is 18.0 Å². The number of alkyl halides is 3. The topological polar surface area (TPSA) is 55.1 Å². The van der Waals surface area contributed by atoms with Crippen molar-refractivity contribution < 1.29 is 18.0 Å². The van der Waals surface area contributed by atoms with E-state index in [0.717, 1.165) is 0 Å². The van der Waals surface area contributed by atoms with E-state index in [9.17, 15) is 18.0 Å². The van der Waals surface area contributed by atoms with Crippen LogP contribution < -0.4 is 11.1 Å². The number of hydrogen-bond acceptors (Lipinski definition) is 2. The third-order valence-electron chi connectivity index (χ3n) is 3.44. The minimum Gasteiger partial charge on any atom is -0.366 e. The van der Waals surface area contributed by atoms with Crippen LogP contribution in [0, 0.1) is 5.92 Å². The van der Waals surface area contributed by atoms with E-state index in [1.807, 2.05) is 0 Å². The number of hydrogen-bond donors (Lipinski definition) is 2. The van der Waals surface area contributed by atoms with Crippen LogP contribution in [-0.2, 0) is 0 Å². The molecule has 0 bridgehead atoms. The lowest BCUT2D eigenvalue weighted by molar-refractivity contribution is -0.183. The molecular formula is C13H15F3N2O. The summed E-state index contributed by atoms with van der Waals surface area (Å²) in [6, 6.07) is 6.06. The highest BCUT2D eigenvalue weighted by molar-refractivity contribution is 5.92. The van der Waals surface area contributed by atoms with Crippen molar-refractivity contribution >= 4 is 5.91 Å². The molecule has 1 aromatic rings. The zero-order valence-corrected chi connectivity index (χ0v) is 10.2. The molecule has 0 radical (unpaired) electrons. The molecule has 1 aliphatic rings. The second kappa shape index (κ2) is 5.21. The number of nitrogens with one attached hydrogen (secondary N) is 1. The number of carbonyl (C=O) groups excluding carboxylic acids is 1. The number of nitrogens with two attached hydrogens (primary N) is 1. The molecule has 0 unspecified atom stereocenters. The molecular weight excluding hydrogens is 257 g/mol. The van der Waals surface area contributed by atoms with Crippen LogP contribution in [0.25, 0.3) is 0 Å². The Labute approximate surface area is 109 Å². The summed E-state index contributed by atoms with van der Waals surface area (Å²) in [5.74, 6) is -1.87. The summed E-state index contributed by atoms with van der Waals surface area (Å²) < 4.78 is 38.2. The lowest BCUT2D eigenvalue weighted by Gasteiger charge is -2.32. The molecule has 1 aromatic carbocycles. The van der Waals surface area contributed by atoms with E-state index in [4.69, 9.17) is 5.73 Å². The van der Waals surface area contributed by atoms with Gasteiger partial charge in [-0.3, -0.25) is 4.79 Å². The number of rotatable bonds is 2. The van der Waals surface area contributed by atoms with Crippen LogP contribution >= 0.6 is 0 Å². The van der Waals surface area contributed by atoms with Crippen molar-refractivity contribution in [2.45, 2.75) is 25.1 Å². The van der Waals surface area contributed by atoms with Gasteiger partial charge < -0.3 is 11.1 Å². The average Bonchev–Trinajstić information content (AvgIpc) is 2.38. The SMILES string of the molecule is NC(=O)c1cccc([C@@H]2C[C@H](C(F)(F)F)CCN2)c1. The Bertz CT molecular complexity index is 473. The normalized spacial score (nSPS) is 24.2. The number of halogens is 3. The minimum absolute atomic E-state index is 0.00822. The molecule has 1 aliphatic heterocycles. The van der Waals surface area contributed by atoms with Gasteiger partial charge in [-0.25, -0.2) is 0 Å². The van der Waals surface area contributed by atoms with E-state index in [2.05, 4.69) is 5.32 Å². The maximum atomic E-state index is 12.7. The third-order valence-corrected chi connectivity index (χ3v) is 3.44. The van der Waals surface area contributed by atoms with E-state index in [0.29, 0.717) is 17.7 Å². The molecule has 0 spiro atoms. The zero-order valence-electron chi connectivity index (χ0n) is 10.2. The van der Waals surface area contributed by atoms with Gasteiger partial charge in [0.1, 0.15) is 0 Å². The van der Waals surface area contributed by atoms with E-state index in [1.165, 1.54) is 0 Å². The largest absolute Gasteiger partial charge is 0.391 e. The lowest BCUT2D eigenvalue weighted by Crippen LogP contribution is -2.38. The third kappa shape index (κ3) is 3.26. The number of carbonyl (C=O) groups is 1. The van der Waals surface area contributed by atoms with Crippen LogP contribution in [0.5, 0.6) is 0 Å². The number of primary amides is 1. The molecule has 104 valence electrons. The maximum absolute atomic E-state index is 12.7. The summed E-state index contributed by atoms with van der Waals surface area (Å²) in [5.41, 5.74) is 6.15. The number of benzene rings is 1. The van der Waals surface area contributed by atoms with E-state index in [1.54, 1.807) is 24.3 Å². The van der Waals surface area contributed by atoms with Gasteiger partial charge in [-0.05, 0) is 37.1 Å². The second-order valence-electron chi connectivity index (χ2n) is 4.76. The molecule has 1 fully saturated rings. The second-order valence-corrected chi connectivity index (χ2v) is 4.76. The van der Waals surface area contributed by atoms with Crippen LogP contribution in [0.3, 0.4) is 0 Å². The summed E-state index contributed by atoms with van der Waals surface area (Å²) in [4.78, 5) is 11.1. The van der Waals surface area contributed by atoms with Gasteiger partial charge in [-0.1, -0.05) is 12.1 Å². The Kier molecular flexibility index (Phi) is 3.80. The van der Waals surface area contributed by atoms with Gasteiger partial charge in [-0.2, -0.15) is 13.2 Å². The molecule has 1 amide bonds. The van der Waals surface area contributed by atoms with E-state index >= 15 is 0 Å². The van der Waals surface area contributed by atoms with Gasteiger partial charge in [0.25, 0.3) is 0 Å². The van der Waals surface area contributed by atoms with Gasteiger partial charge >= 0.3 is 6.18 Å². The number of amides is 1. The Balaban J connectivity index is 2.17. The van der Waals surface area contributed by atoms with Gasteiger partial charge in [0.2, 0.25) is 5.91 Å². The minimum atomic E-state index is -4.17. The van der Waals surface area contributed by atoms with Crippen molar-refractivity contribution in [2.24, 2.45) is 11.7 Å². The standard InChI is InChI=1S/C13H15F3N2O/c14-13(15,16)10-4-5-18-11(7-10)8-2-1-3-9(6-8)12(17)19/h1-3,6,10-11,18H,4-5,7H2,(H2,17,19)/t10-,11+/m1/s1. The first-order valence-electron chi connectivity index (χ1n) is 6.08. The summed E-state index contributed by atoms with van der Waals surface area (Å²) in [6.45, 7) is 0.315. The van der Waals surface area contributed by atoms with Crippen LogP contribution in [0.1, 0.15) is 34.8 Å². The average molecular weight is 272 g/mol. The Morgan fingerprint density at radius 1 is 1.37 bits per heavy atom. The molecule has 1 saturated heterocycles. The Morgan fingerprint density at radius 2 is 2.11 bits per heavy atom. The molecule has 1 heterocycles. The molecule has 2 rings (SSSR count). The highest BCUT2D eigenvalue weighted by atomic mass is 19.4. The summed E-state index contributed by atoms with van der Waals surface area (Å²) >= 11 is 0. The molecule has 3 nitrogen and oxygen atoms in total. The van der Waals surface area contributed by atoms with E-state index in [-0.39, 0.29) is 18.9 Å². The summed E-state index contributed by atoms with van der Waals surface area (Å²) in [7, 11) is 0. The molecule has 0 aromatic heterocycles. The lowest BCUT2D eigenvalue weighted by atomic mass is 9.88. The van der Waals surface area contributed by atoms with Gasteiger partial charge in [0, 0.05) is 11.6 Å². The van der Waals surface area contributed by atoms with Crippen LogP contribution in [-0.4, -0.2) is 18.6 Å². The fourth-order valence-electron chi connectivity index (χ4n) is 2.38. The molecule has 3 N–H and O–H groups in total. The monoisotopic (exact) mass is 272 g/mol. The van der Waals surface area contributed by atoms with Gasteiger partial charge in [-0.15, -0.1) is 0 Å². The molecule has 0 saturated carbocycles. The van der Waals surface area contributed by atoms with Crippen molar-refractivity contribution in [2.75, 3.05) is 6.54 Å². The maximum Gasteiger partial charge on any atom is 0.391 e. The van der Waals surface area contributed by atoms with Crippen LogP contribution in [0.4, 0.5) is 13.2 Å². The molecule has 2 atom stereocenters. The van der Waals surface area contributed by atoms with Crippen molar-refractivity contribution in [3.05, 3.63) is 35.4 Å². The Hall–Kier alpha value is -1.56. The van der Waals surface area contributed by atoms with Crippen molar-refractivity contribution in [3.8, 4) is 0 Å². The molecule has 19 heavy (non-hydrogen) atoms. The van der Waals surface area contributed by atoms with Crippen molar-refractivity contribution in [1.82, 2.24) is 5.32 Å². The first kappa shape index (κ1) is 13.9. The fraction of sp³-hybridized carbons (Fsp3) is 0.462. The smallest absolute Gasteiger partial charge is 0.366 e. The first-order valence-corrected chi connectivity index (χ1v) is 6.08. The highest BCUT2D eigenvalue weighted by Crippen LogP contribution is 2.38. The van der Waals surface area contributed by atoms with Crippen LogP contribution in [0.15, 0.2) is 24.3 Å². The molecule has 0 aliphatic carbocycles. The molecule has 6 heteroatoms. The highest BCUT2D eigenvalue weighted by Gasteiger charge is 2.42. The predicted molar refractivity (Wildman–Crippen MR) is 64.5 cm³/mol. The van der Waals surface area contributed by atoms with Crippen LogP contribution in [0.2, 0.25) is 0 Å². The summed E-state index contributed by atoms with van der Waals surface area (Å²) in [5, 5.41) is 3.05. The fourth-order valence-corrected chi connectivity index (χ4v) is 2.38. The van der Waals surface area contributed by atoms with Crippen molar-refractivity contribution in [3.63, 3.8) is 0 Å². The Morgan fingerprint density at radius 3 is 2.74 bits per heavy atom. The number of piperidine rings is 1. The summed E-state index contributed by atoms with van der Waals surface area (Å²) in [6.07, 6.45) is -4.08. The zero-order chi connectivity index (χ0) is 14.0. The quantitative estimate of drug-likeness (QED) is 0.868. The van der Waals surface area contributed by atoms with Crippen molar-refractivity contribution in [1.29, 1.82) is 0 Å².